The lowest BCUT2D eigenvalue weighted by molar-refractivity contribution is 0.0698. The number of hydrogen-bond acceptors (Lipinski definition) is 2. The van der Waals surface area contributed by atoms with Crippen LogP contribution in [-0.4, -0.2) is 20.6 Å². The van der Waals surface area contributed by atoms with Gasteiger partial charge in [-0.25, -0.2) is 9.78 Å². The van der Waals surface area contributed by atoms with Gasteiger partial charge in [0.2, 0.25) is 0 Å². The number of hydrogen-bond donors (Lipinski definition) is 1. The maximum atomic E-state index is 11.5. The molecule has 4 heteroatoms. The molecule has 0 bridgehead atoms. The molecule has 2 atom stereocenters. The molecule has 2 aromatic rings. The Kier molecular flexibility index (Phi) is 3.70. The molecule has 0 amide bonds. The predicted octanol–water partition coefficient (Wildman–Crippen LogP) is 3.87. The summed E-state index contributed by atoms with van der Waals surface area (Å²) < 4.78 is 2.11. The molecule has 1 aromatic heterocycles. The predicted molar refractivity (Wildman–Crippen MR) is 82.6 cm³/mol. The Morgan fingerprint density at radius 3 is 2.95 bits per heavy atom. The van der Waals surface area contributed by atoms with Crippen molar-refractivity contribution in [3.05, 3.63) is 29.6 Å². The number of aromatic nitrogens is 2. The number of para-hydroxylation sites is 1. The van der Waals surface area contributed by atoms with E-state index in [0.29, 0.717) is 11.5 Å². The highest BCUT2D eigenvalue weighted by atomic mass is 16.4. The highest BCUT2D eigenvalue weighted by Gasteiger charge is 2.22. The molecule has 0 saturated heterocycles. The fraction of sp³-hybridized carbons (Fsp3) is 0.529. The molecule has 4 nitrogen and oxygen atoms in total. The second kappa shape index (κ2) is 5.51. The van der Waals surface area contributed by atoms with Crippen molar-refractivity contribution in [1.82, 2.24) is 9.55 Å². The van der Waals surface area contributed by atoms with E-state index >= 15 is 0 Å². The zero-order valence-electron chi connectivity index (χ0n) is 12.7. The molecule has 0 radical (unpaired) electrons. The second-order valence-corrected chi connectivity index (χ2v) is 6.39. The lowest BCUT2D eigenvalue weighted by Crippen LogP contribution is -2.19. The number of imidazole rings is 1. The SMILES string of the molecule is Cc1nc2cccc(C(=O)O)c2n1CC1CCCC(C)C1. The minimum atomic E-state index is -0.876. The average Bonchev–Trinajstić information content (AvgIpc) is 2.75. The molecule has 1 fully saturated rings. The summed E-state index contributed by atoms with van der Waals surface area (Å²) in [5.41, 5.74) is 1.92. The van der Waals surface area contributed by atoms with Crippen LogP contribution in [0.1, 0.15) is 48.8 Å². The molecule has 112 valence electrons. The van der Waals surface area contributed by atoms with Crippen LogP contribution in [0, 0.1) is 18.8 Å². The summed E-state index contributed by atoms with van der Waals surface area (Å²) in [4.78, 5) is 16.0. The first-order valence-corrected chi connectivity index (χ1v) is 7.75. The van der Waals surface area contributed by atoms with E-state index in [4.69, 9.17) is 0 Å². The van der Waals surface area contributed by atoms with E-state index in [0.717, 1.165) is 29.3 Å². The third-order valence-corrected chi connectivity index (χ3v) is 4.67. The van der Waals surface area contributed by atoms with Gasteiger partial charge in [-0.3, -0.25) is 0 Å². The Bertz CT molecular complexity index is 675. The van der Waals surface area contributed by atoms with Gasteiger partial charge in [0.1, 0.15) is 5.82 Å². The van der Waals surface area contributed by atoms with Gasteiger partial charge in [0, 0.05) is 6.54 Å². The third-order valence-electron chi connectivity index (χ3n) is 4.67. The first kappa shape index (κ1) is 14.1. The van der Waals surface area contributed by atoms with Gasteiger partial charge in [0.05, 0.1) is 16.6 Å². The normalized spacial score (nSPS) is 22.6. The van der Waals surface area contributed by atoms with E-state index in [-0.39, 0.29) is 0 Å². The Balaban J connectivity index is 2.01. The number of carboxylic acids is 1. The van der Waals surface area contributed by atoms with Crippen molar-refractivity contribution in [3.8, 4) is 0 Å². The zero-order valence-corrected chi connectivity index (χ0v) is 12.7. The van der Waals surface area contributed by atoms with Crippen molar-refractivity contribution in [2.24, 2.45) is 11.8 Å². The van der Waals surface area contributed by atoms with Crippen LogP contribution in [0.3, 0.4) is 0 Å². The number of rotatable bonds is 3. The fourth-order valence-corrected chi connectivity index (χ4v) is 3.68. The number of aryl methyl sites for hydroxylation is 1. The van der Waals surface area contributed by atoms with Crippen molar-refractivity contribution in [3.63, 3.8) is 0 Å². The Morgan fingerprint density at radius 2 is 2.24 bits per heavy atom. The summed E-state index contributed by atoms with van der Waals surface area (Å²) in [6.45, 7) is 5.17. The Morgan fingerprint density at radius 1 is 1.43 bits per heavy atom. The van der Waals surface area contributed by atoms with E-state index in [9.17, 15) is 9.90 Å². The van der Waals surface area contributed by atoms with Crippen LogP contribution in [-0.2, 0) is 6.54 Å². The summed E-state index contributed by atoms with van der Waals surface area (Å²) in [5, 5.41) is 9.42. The molecule has 21 heavy (non-hydrogen) atoms. The largest absolute Gasteiger partial charge is 0.478 e. The quantitative estimate of drug-likeness (QED) is 0.931. The lowest BCUT2D eigenvalue weighted by atomic mass is 9.82. The number of fused-ring (bicyclic) bond motifs is 1. The van der Waals surface area contributed by atoms with Gasteiger partial charge in [0.15, 0.2) is 0 Å². The number of aromatic carboxylic acids is 1. The van der Waals surface area contributed by atoms with E-state index in [1.807, 2.05) is 13.0 Å². The van der Waals surface area contributed by atoms with Crippen LogP contribution >= 0.6 is 0 Å². The van der Waals surface area contributed by atoms with Gasteiger partial charge in [-0.05, 0) is 43.7 Å². The fourth-order valence-electron chi connectivity index (χ4n) is 3.68. The van der Waals surface area contributed by atoms with Crippen LogP contribution in [0.4, 0.5) is 0 Å². The van der Waals surface area contributed by atoms with E-state index in [1.54, 1.807) is 12.1 Å². The molecular formula is C17H22N2O2. The van der Waals surface area contributed by atoms with Gasteiger partial charge >= 0.3 is 5.97 Å². The molecule has 1 heterocycles. The summed E-state index contributed by atoms with van der Waals surface area (Å²) in [6.07, 6.45) is 5.07. The smallest absolute Gasteiger partial charge is 0.337 e. The molecule has 1 saturated carbocycles. The number of carbonyl (C=O) groups is 1. The first-order chi connectivity index (χ1) is 10.1. The molecule has 1 N–H and O–H groups in total. The minimum Gasteiger partial charge on any atom is -0.478 e. The van der Waals surface area contributed by atoms with E-state index in [2.05, 4.69) is 16.5 Å². The van der Waals surface area contributed by atoms with Crippen LogP contribution in [0.15, 0.2) is 18.2 Å². The second-order valence-electron chi connectivity index (χ2n) is 6.39. The Hall–Kier alpha value is -1.84. The van der Waals surface area contributed by atoms with Gasteiger partial charge in [-0.1, -0.05) is 25.8 Å². The number of carboxylic acid groups (broad SMARTS) is 1. The van der Waals surface area contributed by atoms with Gasteiger partial charge in [0.25, 0.3) is 0 Å². The molecule has 3 rings (SSSR count). The van der Waals surface area contributed by atoms with E-state index in [1.165, 1.54) is 25.7 Å². The van der Waals surface area contributed by atoms with Crippen molar-refractivity contribution >= 4 is 17.0 Å². The molecule has 0 spiro atoms. The topological polar surface area (TPSA) is 55.1 Å². The van der Waals surface area contributed by atoms with Crippen molar-refractivity contribution in [2.75, 3.05) is 0 Å². The molecule has 0 aliphatic heterocycles. The van der Waals surface area contributed by atoms with Crippen molar-refractivity contribution in [2.45, 2.75) is 46.1 Å². The zero-order chi connectivity index (χ0) is 15.0. The number of benzene rings is 1. The highest BCUT2D eigenvalue weighted by molar-refractivity contribution is 6.01. The number of nitrogens with zero attached hydrogens (tertiary/aromatic N) is 2. The molecular weight excluding hydrogens is 264 g/mol. The van der Waals surface area contributed by atoms with E-state index < -0.39 is 5.97 Å². The van der Waals surface area contributed by atoms with Crippen LogP contribution in [0.25, 0.3) is 11.0 Å². The molecule has 1 aliphatic rings. The van der Waals surface area contributed by atoms with Gasteiger partial charge in [-0.15, -0.1) is 0 Å². The summed E-state index contributed by atoms with van der Waals surface area (Å²) >= 11 is 0. The molecule has 1 aliphatic carbocycles. The van der Waals surface area contributed by atoms with Crippen molar-refractivity contribution < 1.29 is 9.90 Å². The van der Waals surface area contributed by atoms with Crippen LogP contribution < -0.4 is 0 Å². The summed E-state index contributed by atoms with van der Waals surface area (Å²) in [7, 11) is 0. The van der Waals surface area contributed by atoms with Crippen LogP contribution in [0.5, 0.6) is 0 Å². The monoisotopic (exact) mass is 286 g/mol. The first-order valence-electron chi connectivity index (χ1n) is 7.75. The van der Waals surface area contributed by atoms with Gasteiger partial charge < -0.3 is 9.67 Å². The highest BCUT2D eigenvalue weighted by Crippen LogP contribution is 2.31. The van der Waals surface area contributed by atoms with Crippen molar-refractivity contribution in [1.29, 1.82) is 0 Å². The average molecular weight is 286 g/mol. The maximum Gasteiger partial charge on any atom is 0.337 e. The van der Waals surface area contributed by atoms with Gasteiger partial charge in [-0.2, -0.15) is 0 Å². The molecule has 2 unspecified atom stereocenters. The lowest BCUT2D eigenvalue weighted by Gasteiger charge is -2.27. The standard InChI is InChI=1S/C17H22N2O2/c1-11-5-3-6-13(9-11)10-19-12(2)18-15-8-4-7-14(16(15)19)17(20)21/h4,7-8,11,13H,3,5-6,9-10H2,1-2H3,(H,20,21). The Labute approximate surface area is 124 Å². The summed E-state index contributed by atoms with van der Waals surface area (Å²) in [5.74, 6) is 1.44. The third kappa shape index (κ3) is 2.67. The molecule has 1 aromatic carbocycles. The minimum absolute atomic E-state index is 0.358. The summed E-state index contributed by atoms with van der Waals surface area (Å²) in [6, 6.07) is 5.34. The maximum absolute atomic E-state index is 11.5. The van der Waals surface area contributed by atoms with Crippen LogP contribution in [0.2, 0.25) is 0 Å².